The summed E-state index contributed by atoms with van der Waals surface area (Å²) in [6.45, 7) is 2.18. The predicted molar refractivity (Wildman–Crippen MR) is 69.9 cm³/mol. The zero-order valence-electron chi connectivity index (χ0n) is 10.1. The van der Waals surface area contributed by atoms with Gasteiger partial charge in [-0.2, -0.15) is 0 Å². The Labute approximate surface area is 98.6 Å². The Morgan fingerprint density at radius 3 is 2.50 bits per heavy atom. The summed E-state index contributed by atoms with van der Waals surface area (Å²) < 4.78 is 0. The maximum atomic E-state index is 4.69. The maximum absolute atomic E-state index is 4.69. The van der Waals surface area contributed by atoms with E-state index in [1.54, 1.807) is 0 Å². The molecule has 0 spiro atoms. The van der Waals surface area contributed by atoms with Gasteiger partial charge in [0, 0.05) is 6.21 Å². The highest BCUT2D eigenvalue weighted by atomic mass is 14.8. The summed E-state index contributed by atoms with van der Waals surface area (Å²) in [7, 11) is 0. The quantitative estimate of drug-likeness (QED) is 0.663. The molecule has 1 fully saturated rings. The molecule has 0 bridgehead atoms. The van der Waals surface area contributed by atoms with Gasteiger partial charge in [-0.1, -0.05) is 49.6 Å². The van der Waals surface area contributed by atoms with Gasteiger partial charge < -0.3 is 0 Å². The van der Waals surface area contributed by atoms with Gasteiger partial charge in [0.2, 0.25) is 0 Å². The first-order chi connectivity index (χ1) is 7.86. The van der Waals surface area contributed by atoms with Crippen molar-refractivity contribution in [3.05, 3.63) is 35.9 Å². The molecule has 0 amide bonds. The van der Waals surface area contributed by atoms with Gasteiger partial charge in [-0.15, -0.1) is 0 Å². The van der Waals surface area contributed by atoms with Gasteiger partial charge >= 0.3 is 0 Å². The third-order valence-corrected chi connectivity index (χ3v) is 3.45. The fourth-order valence-electron chi connectivity index (χ4n) is 2.35. The van der Waals surface area contributed by atoms with Crippen molar-refractivity contribution in [2.24, 2.45) is 10.9 Å². The topological polar surface area (TPSA) is 12.4 Å². The van der Waals surface area contributed by atoms with Crippen LogP contribution in [-0.4, -0.2) is 6.21 Å². The Morgan fingerprint density at radius 1 is 1.12 bits per heavy atom. The maximum Gasteiger partial charge on any atom is 0.0717 e. The summed E-state index contributed by atoms with van der Waals surface area (Å²) in [5.74, 6) is 0.736. The predicted octanol–water partition coefficient (Wildman–Crippen LogP) is 4.40. The van der Waals surface area contributed by atoms with Gasteiger partial charge in [-0.05, 0) is 31.2 Å². The molecule has 2 rings (SSSR count). The lowest BCUT2D eigenvalue weighted by molar-refractivity contribution is 0.443. The normalized spacial score (nSPS) is 20.1. The van der Waals surface area contributed by atoms with Crippen molar-refractivity contribution in [2.75, 3.05) is 0 Å². The molecule has 0 N–H and O–H groups in total. The smallest absolute Gasteiger partial charge is 0.0717 e. The summed E-state index contributed by atoms with van der Waals surface area (Å²) >= 11 is 0. The average molecular weight is 215 g/mol. The molecule has 1 atom stereocenters. The molecule has 1 aliphatic rings. The molecule has 1 aromatic carbocycles. The van der Waals surface area contributed by atoms with Crippen molar-refractivity contribution in [3.63, 3.8) is 0 Å². The molecular weight excluding hydrogens is 194 g/mol. The third-order valence-electron chi connectivity index (χ3n) is 3.45. The third kappa shape index (κ3) is 3.19. The number of nitrogens with zero attached hydrogens (tertiary/aromatic N) is 1. The van der Waals surface area contributed by atoms with Gasteiger partial charge in [-0.3, -0.25) is 4.99 Å². The molecule has 0 heterocycles. The van der Waals surface area contributed by atoms with E-state index >= 15 is 0 Å². The summed E-state index contributed by atoms with van der Waals surface area (Å²) in [5, 5.41) is 0. The SMILES string of the molecule is CC(N=CC1CCCCC1)c1ccccc1. The Bertz CT molecular complexity index is 323. The molecule has 1 unspecified atom stereocenters. The van der Waals surface area contributed by atoms with Crippen molar-refractivity contribution in [3.8, 4) is 0 Å². The van der Waals surface area contributed by atoms with Crippen molar-refractivity contribution in [2.45, 2.75) is 45.1 Å². The van der Waals surface area contributed by atoms with Crippen molar-refractivity contribution < 1.29 is 0 Å². The lowest BCUT2D eigenvalue weighted by atomic mass is 9.90. The molecule has 0 radical (unpaired) electrons. The highest BCUT2D eigenvalue weighted by Crippen LogP contribution is 2.23. The van der Waals surface area contributed by atoms with E-state index in [4.69, 9.17) is 4.99 Å². The van der Waals surface area contributed by atoms with E-state index in [1.165, 1.54) is 37.7 Å². The zero-order valence-corrected chi connectivity index (χ0v) is 10.1. The standard InChI is InChI=1S/C15H21N/c1-13(15-10-6-3-7-11-15)16-12-14-8-4-2-5-9-14/h3,6-7,10-14H,2,4-5,8-9H2,1H3. The molecule has 16 heavy (non-hydrogen) atoms. The van der Waals surface area contributed by atoms with E-state index in [1.807, 2.05) is 0 Å². The Morgan fingerprint density at radius 2 is 1.81 bits per heavy atom. The highest BCUT2D eigenvalue weighted by molar-refractivity contribution is 5.61. The summed E-state index contributed by atoms with van der Waals surface area (Å²) in [6.07, 6.45) is 9.07. The van der Waals surface area contributed by atoms with E-state index < -0.39 is 0 Å². The first kappa shape index (κ1) is 11.4. The van der Waals surface area contributed by atoms with Gasteiger partial charge in [-0.25, -0.2) is 0 Å². The second-order valence-electron chi connectivity index (χ2n) is 4.78. The monoisotopic (exact) mass is 215 g/mol. The van der Waals surface area contributed by atoms with Gasteiger partial charge in [0.25, 0.3) is 0 Å². The van der Waals surface area contributed by atoms with Crippen molar-refractivity contribution in [1.29, 1.82) is 0 Å². The van der Waals surface area contributed by atoms with Crippen molar-refractivity contribution in [1.82, 2.24) is 0 Å². The summed E-state index contributed by atoms with van der Waals surface area (Å²) in [6, 6.07) is 10.8. The Kier molecular flexibility index (Phi) is 4.15. The van der Waals surface area contributed by atoms with Crippen LogP contribution in [0.1, 0.15) is 50.6 Å². The number of aliphatic imine (C=N–C) groups is 1. The van der Waals surface area contributed by atoms with Gasteiger partial charge in [0.05, 0.1) is 6.04 Å². The molecule has 86 valence electrons. The summed E-state index contributed by atoms with van der Waals surface area (Å²) in [4.78, 5) is 4.69. The first-order valence-corrected chi connectivity index (χ1v) is 6.44. The van der Waals surface area contributed by atoms with Crippen LogP contribution in [-0.2, 0) is 0 Å². The van der Waals surface area contributed by atoms with E-state index in [0.717, 1.165) is 5.92 Å². The Balaban J connectivity index is 1.91. The fourth-order valence-corrected chi connectivity index (χ4v) is 2.35. The van der Waals surface area contributed by atoms with Crippen LogP contribution in [0.2, 0.25) is 0 Å². The minimum absolute atomic E-state index is 0.308. The lowest BCUT2D eigenvalue weighted by Crippen LogP contribution is -2.07. The van der Waals surface area contributed by atoms with E-state index in [0.29, 0.717) is 6.04 Å². The molecule has 1 aromatic rings. The lowest BCUT2D eigenvalue weighted by Gasteiger charge is -2.17. The van der Waals surface area contributed by atoms with Crippen molar-refractivity contribution >= 4 is 6.21 Å². The number of rotatable bonds is 3. The second-order valence-corrected chi connectivity index (χ2v) is 4.78. The molecule has 1 nitrogen and oxygen atoms in total. The fraction of sp³-hybridized carbons (Fsp3) is 0.533. The van der Waals surface area contributed by atoms with Crippen LogP contribution in [0.25, 0.3) is 0 Å². The van der Waals surface area contributed by atoms with E-state index in [9.17, 15) is 0 Å². The van der Waals surface area contributed by atoms with Crippen LogP contribution in [0.5, 0.6) is 0 Å². The van der Waals surface area contributed by atoms with Crippen LogP contribution >= 0.6 is 0 Å². The number of benzene rings is 1. The van der Waals surface area contributed by atoms with E-state index in [2.05, 4.69) is 43.5 Å². The van der Waals surface area contributed by atoms with Crippen LogP contribution in [0.4, 0.5) is 0 Å². The van der Waals surface area contributed by atoms with Crippen LogP contribution in [0.3, 0.4) is 0 Å². The van der Waals surface area contributed by atoms with E-state index in [-0.39, 0.29) is 0 Å². The molecular formula is C15H21N. The number of hydrogen-bond donors (Lipinski definition) is 0. The largest absolute Gasteiger partial charge is 0.289 e. The summed E-state index contributed by atoms with van der Waals surface area (Å²) in [5.41, 5.74) is 1.31. The number of hydrogen-bond acceptors (Lipinski definition) is 1. The molecule has 1 saturated carbocycles. The van der Waals surface area contributed by atoms with Crippen LogP contribution in [0.15, 0.2) is 35.3 Å². The molecule has 1 aliphatic carbocycles. The molecule has 1 heteroatoms. The van der Waals surface area contributed by atoms with Crippen LogP contribution < -0.4 is 0 Å². The van der Waals surface area contributed by atoms with Crippen LogP contribution in [0, 0.1) is 5.92 Å². The zero-order chi connectivity index (χ0) is 11.2. The minimum atomic E-state index is 0.308. The average Bonchev–Trinajstić information content (AvgIpc) is 2.38. The van der Waals surface area contributed by atoms with Gasteiger partial charge in [0.15, 0.2) is 0 Å². The molecule has 0 aliphatic heterocycles. The minimum Gasteiger partial charge on any atom is -0.289 e. The van der Waals surface area contributed by atoms with Gasteiger partial charge in [0.1, 0.15) is 0 Å². The second kappa shape index (κ2) is 5.83. The molecule has 0 aromatic heterocycles. The highest BCUT2D eigenvalue weighted by Gasteiger charge is 2.11. The molecule has 0 saturated heterocycles. The first-order valence-electron chi connectivity index (χ1n) is 6.44. The Hall–Kier alpha value is -1.11.